The molecule has 0 spiro atoms. The van der Waals surface area contributed by atoms with E-state index >= 15 is 0 Å². The second kappa shape index (κ2) is 6.60. The fourth-order valence-corrected chi connectivity index (χ4v) is 2.53. The van der Waals surface area contributed by atoms with Crippen LogP contribution in [0, 0.1) is 17.1 Å². The number of benzene rings is 2. The maximum absolute atomic E-state index is 13.1. The molecule has 1 atom stereocenters. The highest BCUT2D eigenvalue weighted by Gasteiger charge is 2.14. The molecule has 0 amide bonds. The number of rotatable bonds is 4. The van der Waals surface area contributed by atoms with Crippen molar-refractivity contribution in [2.75, 3.05) is 7.11 Å². The van der Waals surface area contributed by atoms with Crippen LogP contribution in [-0.2, 0) is 11.3 Å². The standard InChI is InChI=1S/C18H14FN3O2/c1-24-17(13-3-5-14(19)6-4-13)10-22-11-21-16-7-2-12(9-20)8-15(16)18(22)23/h2-8,11,17H,10H2,1H3. The van der Waals surface area contributed by atoms with Gasteiger partial charge in [0.15, 0.2) is 0 Å². The monoisotopic (exact) mass is 323 g/mol. The van der Waals surface area contributed by atoms with Crippen LogP contribution in [0.1, 0.15) is 17.2 Å². The number of hydrogen-bond donors (Lipinski definition) is 0. The molecular formula is C18H14FN3O2. The SMILES string of the molecule is COC(Cn1cnc2ccc(C#N)cc2c1=O)c1ccc(F)cc1. The van der Waals surface area contributed by atoms with Gasteiger partial charge in [-0.05, 0) is 35.9 Å². The van der Waals surface area contributed by atoms with Crippen LogP contribution in [-0.4, -0.2) is 16.7 Å². The molecule has 1 unspecified atom stereocenters. The van der Waals surface area contributed by atoms with Gasteiger partial charge in [0.1, 0.15) is 11.9 Å². The van der Waals surface area contributed by atoms with Crippen molar-refractivity contribution in [3.8, 4) is 6.07 Å². The van der Waals surface area contributed by atoms with Crippen LogP contribution in [0.25, 0.3) is 10.9 Å². The molecule has 0 fully saturated rings. The summed E-state index contributed by atoms with van der Waals surface area (Å²) in [4.78, 5) is 16.9. The minimum absolute atomic E-state index is 0.237. The Morgan fingerprint density at radius 2 is 2.04 bits per heavy atom. The molecule has 6 heteroatoms. The van der Waals surface area contributed by atoms with E-state index in [1.54, 1.807) is 24.3 Å². The lowest BCUT2D eigenvalue weighted by Gasteiger charge is -2.17. The maximum atomic E-state index is 13.1. The minimum atomic E-state index is -0.415. The molecule has 0 aliphatic rings. The number of hydrogen-bond acceptors (Lipinski definition) is 4. The van der Waals surface area contributed by atoms with Gasteiger partial charge in [0.05, 0.1) is 35.4 Å². The predicted molar refractivity (Wildman–Crippen MR) is 86.9 cm³/mol. The van der Waals surface area contributed by atoms with Crippen LogP contribution < -0.4 is 5.56 Å². The molecule has 0 saturated heterocycles. The van der Waals surface area contributed by atoms with Gasteiger partial charge in [-0.25, -0.2) is 9.37 Å². The van der Waals surface area contributed by atoms with Gasteiger partial charge in [0, 0.05) is 7.11 Å². The minimum Gasteiger partial charge on any atom is -0.375 e. The Morgan fingerprint density at radius 1 is 1.29 bits per heavy atom. The van der Waals surface area contributed by atoms with Crippen LogP contribution in [0.3, 0.4) is 0 Å². The van der Waals surface area contributed by atoms with Crippen molar-refractivity contribution in [3.63, 3.8) is 0 Å². The summed E-state index contributed by atoms with van der Waals surface area (Å²) in [5, 5.41) is 9.36. The highest BCUT2D eigenvalue weighted by molar-refractivity contribution is 5.78. The summed E-state index contributed by atoms with van der Waals surface area (Å²) >= 11 is 0. The average molecular weight is 323 g/mol. The Morgan fingerprint density at radius 3 is 2.71 bits per heavy atom. The second-order valence-electron chi connectivity index (χ2n) is 5.32. The Labute approximate surface area is 137 Å². The molecule has 1 aromatic heterocycles. The van der Waals surface area contributed by atoms with Gasteiger partial charge in [-0.15, -0.1) is 0 Å². The number of halogens is 1. The topological polar surface area (TPSA) is 67.9 Å². The Hall–Kier alpha value is -3.04. The summed E-state index contributed by atoms with van der Waals surface area (Å²) in [5.41, 5.74) is 1.45. The van der Waals surface area contributed by atoms with Gasteiger partial charge in [0.25, 0.3) is 5.56 Å². The number of methoxy groups -OCH3 is 1. The van der Waals surface area contributed by atoms with Crippen molar-refractivity contribution in [2.24, 2.45) is 0 Å². The normalized spacial score (nSPS) is 12.0. The summed E-state index contributed by atoms with van der Waals surface area (Å²) in [6.07, 6.45) is 1.04. The highest BCUT2D eigenvalue weighted by Crippen LogP contribution is 2.19. The third-order valence-corrected chi connectivity index (χ3v) is 3.84. The Balaban J connectivity index is 1.99. The van der Waals surface area contributed by atoms with Gasteiger partial charge in [-0.1, -0.05) is 12.1 Å². The van der Waals surface area contributed by atoms with E-state index in [1.807, 2.05) is 6.07 Å². The lowest BCUT2D eigenvalue weighted by molar-refractivity contribution is 0.0868. The van der Waals surface area contributed by atoms with E-state index in [1.165, 1.54) is 36.2 Å². The zero-order valence-electron chi connectivity index (χ0n) is 12.9. The van der Waals surface area contributed by atoms with Crippen LogP contribution >= 0.6 is 0 Å². The molecule has 0 aliphatic carbocycles. The summed E-state index contributed by atoms with van der Waals surface area (Å²) < 4.78 is 19.9. The van der Waals surface area contributed by atoms with Crippen molar-refractivity contribution < 1.29 is 9.13 Å². The van der Waals surface area contributed by atoms with Crippen molar-refractivity contribution >= 4 is 10.9 Å². The molecule has 24 heavy (non-hydrogen) atoms. The van der Waals surface area contributed by atoms with Crippen molar-refractivity contribution in [1.82, 2.24) is 9.55 Å². The number of fused-ring (bicyclic) bond motifs is 1. The fourth-order valence-electron chi connectivity index (χ4n) is 2.53. The molecule has 1 heterocycles. The molecule has 0 saturated carbocycles. The number of ether oxygens (including phenoxy) is 1. The third-order valence-electron chi connectivity index (χ3n) is 3.84. The van der Waals surface area contributed by atoms with E-state index in [4.69, 9.17) is 10.00 Å². The molecule has 120 valence electrons. The van der Waals surface area contributed by atoms with Gasteiger partial charge in [-0.2, -0.15) is 5.26 Å². The molecular weight excluding hydrogens is 309 g/mol. The molecule has 3 rings (SSSR count). The molecule has 2 aromatic carbocycles. The van der Waals surface area contributed by atoms with Crippen LogP contribution in [0.4, 0.5) is 4.39 Å². The van der Waals surface area contributed by atoms with E-state index in [0.29, 0.717) is 16.5 Å². The largest absolute Gasteiger partial charge is 0.375 e. The van der Waals surface area contributed by atoms with E-state index in [9.17, 15) is 9.18 Å². The predicted octanol–water partition coefficient (Wildman–Crippen LogP) is 2.79. The molecule has 0 N–H and O–H groups in total. The fraction of sp³-hybridized carbons (Fsp3) is 0.167. The highest BCUT2D eigenvalue weighted by atomic mass is 19.1. The first-order chi connectivity index (χ1) is 11.6. The summed E-state index contributed by atoms with van der Waals surface area (Å²) in [6, 6.07) is 12.8. The Bertz CT molecular complexity index is 974. The smallest absolute Gasteiger partial charge is 0.261 e. The van der Waals surface area contributed by atoms with Crippen molar-refractivity contribution in [2.45, 2.75) is 12.6 Å². The van der Waals surface area contributed by atoms with Crippen LogP contribution in [0.5, 0.6) is 0 Å². The van der Waals surface area contributed by atoms with E-state index in [0.717, 1.165) is 5.56 Å². The van der Waals surface area contributed by atoms with Crippen molar-refractivity contribution in [3.05, 3.63) is 76.1 Å². The molecule has 0 radical (unpaired) electrons. The number of nitriles is 1. The van der Waals surface area contributed by atoms with Gasteiger partial charge < -0.3 is 4.74 Å². The quantitative estimate of drug-likeness (QED) is 0.740. The zero-order chi connectivity index (χ0) is 17.1. The lowest BCUT2D eigenvalue weighted by Crippen LogP contribution is -2.24. The van der Waals surface area contributed by atoms with Gasteiger partial charge >= 0.3 is 0 Å². The molecule has 0 bridgehead atoms. The van der Waals surface area contributed by atoms with E-state index in [-0.39, 0.29) is 17.9 Å². The maximum Gasteiger partial charge on any atom is 0.261 e. The first kappa shape index (κ1) is 15.8. The lowest BCUT2D eigenvalue weighted by atomic mass is 10.1. The first-order valence-electron chi connectivity index (χ1n) is 7.30. The van der Waals surface area contributed by atoms with Crippen LogP contribution in [0.2, 0.25) is 0 Å². The zero-order valence-corrected chi connectivity index (χ0v) is 12.9. The molecule has 5 nitrogen and oxygen atoms in total. The summed E-state index contributed by atoms with van der Waals surface area (Å²) in [7, 11) is 1.53. The number of aromatic nitrogens is 2. The second-order valence-corrected chi connectivity index (χ2v) is 5.32. The van der Waals surface area contributed by atoms with Crippen molar-refractivity contribution in [1.29, 1.82) is 5.26 Å². The van der Waals surface area contributed by atoms with Gasteiger partial charge in [-0.3, -0.25) is 9.36 Å². The van der Waals surface area contributed by atoms with Gasteiger partial charge in [0.2, 0.25) is 0 Å². The van der Waals surface area contributed by atoms with E-state index in [2.05, 4.69) is 4.98 Å². The number of nitrogens with zero attached hydrogens (tertiary/aromatic N) is 3. The Kier molecular flexibility index (Phi) is 4.36. The summed E-state index contributed by atoms with van der Waals surface area (Å²) in [5.74, 6) is -0.331. The van der Waals surface area contributed by atoms with E-state index < -0.39 is 6.10 Å². The van der Waals surface area contributed by atoms with Crippen LogP contribution in [0.15, 0.2) is 53.6 Å². The molecule has 3 aromatic rings. The average Bonchev–Trinajstić information content (AvgIpc) is 2.62. The summed E-state index contributed by atoms with van der Waals surface area (Å²) in [6.45, 7) is 0.237. The first-order valence-corrected chi connectivity index (χ1v) is 7.30. The third kappa shape index (κ3) is 3.03. The molecule has 0 aliphatic heterocycles.